The largest absolute Gasteiger partial charge is 0.282 e. The lowest BCUT2D eigenvalue weighted by Crippen LogP contribution is -2.28. The predicted octanol–water partition coefficient (Wildman–Crippen LogP) is 6.00. The van der Waals surface area contributed by atoms with Crippen LogP contribution in [0.2, 0.25) is 0 Å². The number of aryl methyl sites for hydroxylation is 1. The van der Waals surface area contributed by atoms with Gasteiger partial charge >= 0.3 is 0 Å². The van der Waals surface area contributed by atoms with Crippen LogP contribution >= 0.6 is 11.3 Å². The van der Waals surface area contributed by atoms with Crippen LogP contribution < -0.4 is 0 Å². The zero-order chi connectivity index (χ0) is 23.5. The normalized spacial score (nSPS) is 17.1. The highest BCUT2D eigenvalue weighted by Crippen LogP contribution is 2.44. The summed E-state index contributed by atoms with van der Waals surface area (Å²) >= 11 is 1.68. The van der Waals surface area contributed by atoms with E-state index in [1.54, 1.807) is 17.7 Å². The Balaban J connectivity index is 1.53. The minimum absolute atomic E-state index is 0.218. The number of hydrogen-bond donors (Lipinski definition) is 0. The molecule has 176 valence electrons. The van der Waals surface area contributed by atoms with Crippen LogP contribution in [0.25, 0.3) is 15.9 Å². The van der Waals surface area contributed by atoms with Crippen molar-refractivity contribution in [3.05, 3.63) is 40.0 Å². The lowest BCUT2D eigenvalue weighted by Gasteiger charge is -2.36. The molecular weight excluding hydrogens is 456 g/mol. The van der Waals surface area contributed by atoms with E-state index in [9.17, 15) is 17.6 Å². The van der Waals surface area contributed by atoms with Crippen LogP contribution in [-0.2, 0) is 19.4 Å². The molecule has 1 aliphatic carbocycles. The SMILES string of the molecule is CCC(C)(C)C1CCc2c(sc3ncn4nc(Cn5nc(C(F)F)cc5C(F)F)nc4c23)C1. The van der Waals surface area contributed by atoms with Crippen LogP contribution in [0.3, 0.4) is 0 Å². The predicted molar refractivity (Wildman–Crippen MR) is 117 cm³/mol. The second-order valence-electron chi connectivity index (χ2n) is 9.26. The fourth-order valence-electron chi connectivity index (χ4n) is 4.64. The van der Waals surface area contributed by atoms with Gasteiger partial charge in [0.25, 0.3) is 12.9 Å². The van der Waals surface area contributed by atoms with E-state index in [0.29, 0.717) is 11.6 Å². The van der Waals surface area contributed by atoms with Crippen LogP contribution in [0.4, 0.5) is 17.6 Å². The molecule has 0 aromatic carbocycles. The Morgan fingerprint density at radius 1 is 1.18 bits per heavy atom. The van der Waals surface area contributed by atoms with Crippen LogP contribution in [0.15, 0.2) is 12.4 Å². The summed E-state index contributed by atoms with van der Waals surface area (Å²) < 4.78 is 55.1. The number of alkyl halides is 4. The van der Waals surface area contributed by atoms with Gasteiger partial charge in [-0.05, 0) is 42.2 Å². The molecule has 0 fully saturated rings. The van der Waals surface area contributed by atoms with Crippen molar-refractivity contribution in [3.63, 3.8) is 0 Å². The Kier molecular flexibility index (Phi) is 5.42. The van der Waals surface area contributed by atoms with E-state index in [1.165, 1.54) is 15.0 Å². The lowest BCUT2D eigenvalue weighted by atomic mass is 9.70. The third-order valence-corrected chi connectivity index (χ3v) is 8.18. The second kappa shape index (κ2) is 8.03. The van der Waals surface area contributed by atoms with Crippen molar-refractivity contribution in [2.45, 2.75) is 65.9 Å². The molecule has 5 rings (SSSR count). The number of rotatable bonds is 6. The number of fused-ring (bicyclic) bond motifs is 5. The maximum absolute atomic E-state index is 13.3. The number of aromatic nitrogens is 6. The minimum Gasteiger partial charge on any atom is -0.256 e. The molecule has 0 amide bonds. The van der Waals surface area contributed by atoms with Gasteiger partial charge in [0, 0.05) is 4.88 Å². The molecular formula is C22H24F4N6S. The maximum atomic E-state index is 13.3. The van der Waals surface area contributed by atoms with Crippen molar-refractivity contribution in [1.82, 2.24) is 29.4 Å². The highest BCUT2D eigenvalue weighted by molar-refractivity contribution is 7.19. The van der Waals surface area contributed by atoms with Crippen LogP contribution in [0.1, 0.15) is 74.1 Å². The van der Waals surface area contributed by atoms with Gasteiger partial charge < -0.3 is 0 Å². The smallest absolute Gasteiger partial charge is 0.256 e. The summed E-state index contributed by atoms with van der Waals surface area (Å²) in [5.41, 5.74) is 0.852. The van der Waals surface area contributed by atoms with Crippen molar-refractivity contribution >= 4 is 27.2 Å². The van der Waals surface area contributed by atoms with E-state index in [-0.39, 0.29) is 17.8 Å². The summed E-state index contributed by atoms with van der Waals surface area (Å²) in [7, 11) is 0. The first-order valence-corrected chi connectivity index (χ1v) is 11.8. The van der Waals surface area contributed by atoms with Gasteiger partial charge in [0.2, 0.25) is 0 Å². The highest BCUT2D eigenvalue weighted by atomic mass is 32.1. The first-order valence-electron chi connectivity index (χ1n) is 11.0. The number of nitrogens with zero attached hydrogens (tertiary/aromatic N) is 6. The van der Waals surface area contributed by atoms with Gasteiger partial charge in [-0.3, -0.25) is 4.68 Å². The third kappa shape index (κ3) is 3.79. The summed E-state index contributed by atoms with van der Waals surface area (Å²) in [4.78, 5) is 11.3. The molecule has 0 saturated carbocycles. The fourth-order valence-corrected chi connectivity index (χ4v) is 5.90. The molecule has 1 atom stereocenters. The Morgan fingerprint density at radius 2 is 1.97 bits per heavy atom. The molecule has 0 spiro atoms. The van der Waals surface area contributed by atoms with Crippen molar-refractivity contribution in [3.8, 4) is 0 Å². The highest BCUT2D eigenvalue weighted by Gasteiger charge is 2.33. The number of halogens is 4. The van der Waals surface area contributed by atoms with E-state index >= 15 is 0 Å². The average molecular weight is 481 g/mol. The Bertz CT molecular complexity index is 1320. The quantitative estimate of drug-likeness (QED) is 0.318. The Hall–Kier alpha value is -2.56. The summed E-state index contributed by atoms with van der Waals surface area (Å²) in [6, 6.07) is 0.731. The van der Waals surface area contributed by atoms with Gasteiger partial charge in [-0.25, -0.2) is 32.0 Å². The van der Waals surface area contributed by atoms with E-state index < -0.39 is 24.2 Å². The van der Waals surface area contributed by atoms with Crippen molar-refractivity contribution in [2.24, 2.45) is 11.3 Å². The Labute approximate surface area is 191 Å². The fraction of sp³-hybridized carbons (Fsp3) is 0.545. The van der Waals surface area contributed by atoms with E-state index in [4.69, 9.17) is 0 Å². The van der Waals surface area contributed by atoms with Crippen LogP contribution in [0.5, 0.6) is 0 Å². The Morgan fingerprint density at radius 3 is 2.67 bits per heavy atom. The molecule has 6 nitrogen and oxygen atoms in total. The zero-order valence-electron chi connectivity index (χ0n) is 18.5. The maximum Gasteiger partial charge on any atom is 0.282 e. The van der Waals surface area contributed by atoms with Gasteiger partial charge in [0.1, 0.15) is 29.1 Å². The van der Waals surface area contributed by atoms with E-state index in [2.05, 4.69) is 40.9 Å². The van der Waals surface area contributed by atoms with E-state index in [0.717, 1.165) is 46.6 Å². The minimum atomic E-state index is -2.93. The van der Waals surface area contributed by atoms with Gasteiger partial charge in [-0.2, -0.15) is 5.10 Å². The van der Waals surface area contributed by atoms with Crippen LogP contribution in [-0.4, -0.2) is 29.4 Å². The zero-order valence-corrected chi connectivity index (χ0v) is 19.3. The molecule has 4 heterocycles. The molecule has 1 unspecified atom stereocenters. The molecule has 0 aliphatic heterocycles. The summed E-state index contributed by atoms with van der Waals surface area (Å²) in [5, 5.41) is 8.96. The first kappa shape index (κ1) is 22.2. The molecule has 4 aromatic heterocycles. The van der Waals surface area contributed by atoms with Crippen molar-refractivity contribution in [2.75, 3.05) is 0 Å². The lowest BCUT2D eigenvalue weighted by molar-refractivity contribution is 0.139. The van der Waals surface area contributed by atoms with Gasteiger partial charge in [0.05, 0.1) is 5.39 Å². The molecule has 4 aromatic rings. The molecule has 0 radical (unpaired) electrons. The van der Waals surface area contributed by atoms with Gasteiger partial charge in [0.15, 0.2) is 11.5 Å². The summed E-state index contributed by atoms with van der Waals surface area (Å²) in [5.74, 6) is 0.819. The number of thiophene rings is 1. The first-order chi connectivity index (χ1) is 15.7. The molecule has 0 N–H and O–H groups in total. The van der Waals surface area contributed by atoms with Crippen molar-refractivity contribution in [1.29, 1.82) is 0 Å². The van der Waals surface area contributed by atoms with Crippen molar-refractivity contribution < 1.29 is 17.6 Å². The molecule has 33 heavy (non-hydrogen) atoms. The topological polar surface area (TPSA) is 60.9 Å². The van der Waals surface area contributed by atoms with Gasteiger partial charge in [-0.1, -0.05) is 27.2 Å². The third-order valence-electron chi connectivity index (χ3n) is 7.01. The van der Waals surface area contributed by atoms with E-state index in [1.807, 2.05) is 0 Å². The van der Waals surface area contributed by atoms with Crippen LogP contribution in [0, 0.1) is 11.3 Å². The monoisotopic (exact) mass is 480 g/mol. The molecule has 0 bridgehead atoms. The molecule has 11 heteroatoms. The number of hydrogen-bond acceptors (Lipinski definition) is 5. The summed E-state index contributed by atoms with van der Waals surface area (Å²) in [6.07, 6.45) is -0.158. The second-order valence-corrected chi connectivity index (χ2v) is 10.3. The molecule has 0 saturated heterocycles. The molecule has 1 aliphatic rings. The average Bonchev–Trinajstić information content (AvgIpc) is 3.47. The van der Waals surface area contributed by atoms with Gasteiger partial charge in [-0.15, -0.1) is 16.4 Å². The summed E-state index contributed by atoms with van der Waals surface area (Å²) in [6.45, 7) is 6.64. The standard InChI is InChI=1S/C22H24F4N6S/c1-4-22(2,3)11-5-6-12-15(7-11)33-21-17(12)20-28-16(30-32(20)10-27-21)9-31-14(19(25)26)8-13(29-31)18(23)24/h8,10-11,18-19H,4-7,9H2,1-3H3.